The molecule has 2 rings (SSSR count). The molecule has 0 saturated heterocycles. The maximum atomic E-state index is 12.0. The molecule has 0 atom stereocenters. The van der Waals surface area contributed by atoms with Gasteiger partial charge < -0.3 is 0 Å². The summed E-state index contributed by atoms with van der Waals surface area (Å²) < 4.78 is 0. The highest BCUT2D eigenvalue weighted by Gasteiger charge is 2.25. The molecular formula is C12H13NO2. The lowest BCUT2D eigenvalue weighted by atomic mass is 9.83. The molecule has 0 aliphatic heterocycles. The van der Waals surface area contributed by atoms with Crippen LogP contribution in [0.3, 0.4) is 0 Å². The first-order valence-electron chi connectivity index (χ1n) is 5.23. The highest BCUT2D eigenvalue weighted by Crippen LogP contribution is 2.24. The van der Waals surface area contributed by atoms with Gasteiger partial charge in [0.05, 0.1) is 0 Å². The standard InChI is InChI=1S/C12H13NO2/c14-11-3-1-9(2-4-11)12(15)10-5-7-13-8-6-10/h5-9H,1-4H2. The van der Waals surface area contributed by atoms with Crippen molar-refractivity contribution in [3.8, 4) is 0 Å². The first-order valence-corrected chi connectivity index (χ1v) is 5.23. The molecule has 0 unspecified atom stereocenters. The van der Waals surface area contributed by atoms with Crippen LogP contribution in [0.2, 0.25) is 0 Å². The normalized spacial score (nSPS) is 17.7. The smallest absolute Gasteiger partial charge is 0.166 e. The summed E-state index contributed by atoms with van der Waals surface area (Å²) in [6, 6.07) is 3.47. The van der Waals surface area contributed by atoms with E-state index in [-0.39, 0.29) is 17.5 Å². The van der Waals surface area contributed by atoms with Gasteiger partial charge in [0.25, 0.3) is 0 Å². The molecule has 0 amide bonds. The average Bonchev–Trinajstić information content (AvgIpc) is 2.30. The van der Waals surface area contributed by atoms with E-state index in [1.165, 1.54) is 0 Å². The van der Waals surface area contributed by atoms with Crippen molar-refractivity contribution >= 4 is 11.6 Å². The van der Waals surface area contributed by atoms with Crippen molar-refractivity contribution in [3.05, 3.63) is 30.1 Å². The van der Waals surface area contributed by atoms with Crippen LogP contribution in [-0.4, -0.2) is 16.6 Å². The molecule has 1 aromatic heterocycles. The summed E-state index contributed by atoms with van der Waals surface area (Å²) in [5, 5.41) is 0. The number of nitrogens with zero attached hydrogens (tertiary/aromatic N) is 1. The molecule has 1 fully saturated rings. The van der Waals surface area contributed by atoms with Crippen LogP contribution in [0.25, 0.3) is 0 Å². The van der Waals surface area contributed by atoms with Crippen molar-refractivity contribution in [2.24, 2.45) is 5.92 Å². The highest BCUT2D eigenvalue weighted by atomic mass is 16.1. The third kappa shape index (κ3) is 2.29. The Hall–Kier alpha value is -1.51. The van der Waals surface area contributed by atoms with Gasteiger partial charge in [-0.3, -0.25) is 14.6 Å². The average molecular weight is 203 g/mol. The maximum Gasteiger partial charge on any atom is 0.166 e. The van der Waals surface area contributed by atoms with Crippen LogP contribution in [-0.2, 0) is 4.79 Å². The lowest BCUT2D eigenvalue weighted by molar-refractivity contribution is -0.120. The third-order valence-electron chi connectivity index (χ3n) is 2.88. The van der Waals surface area contributed by atoms with Crippen molar-refractivity contribution in [3.63, 3.8) is 0 Å². The van der Waals surface area contributed by atoms with Crippen molar-refractivity contribution in [1.29, 1.82) is 0 Å². The van der Waals surface area contributed by atoms with Crippen LogP contribution >= 0.6 is 0 Å². The molecule has 0 spiro atoms. The van der Waals surface area contributed by atoms with Crippen LogP contribution in [0.1, 0.15) is 36.0 Å². The lowest BCUT2D eigenvalue weighted by Gasteiger charge is -2.19. The van der Waals surface area contributed by atoms with Gasteiger partial charge in [0.2, 0.25) is 0 Å². The summed E-state index contributed by atoms with van der Waals surface area (Å²) >= 11 is 0. The number of pyridine rings is 1. The van der Waals surface area contributed by atoms with E-state index in [0.717, 1.165) is 0 Å². The van der Waals surface area contributed by atoms with E-state index in [1.54, 1.807) is 24.5 Å². The minimum atomic E-state index is 0.0325. The molecule has 0 N–H and O–H groups in total. The number of ketones is 2. The summed E-state index contributed by atoms with van der Waals surface area (Å²) in [4.78, 5) is 26.9. The second kappa shape index (κ2) is 4.34. The second-order valence-electron chi connectivity index (χ2n) is 3.91. The van der Waals surface area contributed by atoms with Crippen LogP contribution < -0.4 is 0 Å². The minimum Gasteiger partial charge on any atom is -0.300 e. The van der Waals surface area contributed by atoms with Crippen LogP contribution in [0.4, 0.5) is 0 Å². The maximum absolute atomic E-state index is 12.0. The Labute approximate surface area is 88.5 Å². The Morgan fingerprint density at radius 3 is 2.40 bits per heavy atom. The summed E-state index contributed by atoms with van der Waals surface area (Å²) in [7, 11) is 0. The summed E-state index contributed by atoms with van der Waals surface area (Å²) in [6.45, 7) is 0. The number of hydrogen-bond donors (Lipinski definition) is 0. The van der Waals surface area contributed by atoms with E-state index in [4.69, 9.17) is 0 Å². The van der Waals surface area contributed by atoms with Crippen molar-refractivity contribution in [2.75, 3.05) is 0 Å². The quantitative estimate of drug-likeness (QED) is 0.691. The van der Waals surface area contributed by atoms with Gasteiger partial charge in [-0.05, 0) is 25.0 Å². The van der Waals surface area contributed by atoms with Gasteiger partial charge in [-0.1, -0.05) is 0 Å². The van der Waals surface area contributed by atoms with E-state index in [0.29, 0.717) is 31.2 Å². The Kier molecular flexibility index (Phi) is 2.90. The predicted molar refractivity (Wildman–Crippen MR) is 55.5 cm³/mol. The summed E-state index contributed by atoms with van der Waals surface area (Å²) in [5.41, 5.74) is 0.712. The van der Waals surface area contributed by atoms with Gasteiger partial charge in [-0.2, -0.15) is 0 Å². The molecule has 0 radical (unpaired) electrons. The third-order valence-corrected chi connectivity index (χ3v) is 2.88. The Morgan fingerprint density at radius 2 is 1.80 bits per heavy atom. The first-order chi connectivity index (χ1) is 7.27. The molecule has 1 aliphatic carbocycles. The predicted octanol–water partition coefficient (Wildman–Crippen LogP) is 2.02. The molecule has 3 nitrogen and oxygen atoms in total. The van der Waals surface area contributed by atoms with E-state index in [9.17, 15) is 9.59 Å². The first kappa shape index (κ1) is 10.0. The molecule has 3 heteroatoms. The number of carbonyl (C=O) groups excluding carboxylic acids is 2. The SMILES string of the molecule is O=C1CCC(C(=O)c2ccncc2)CC1. The van der Waals surface area contributed by atoms with Gasteiger partial charge in [0, 0.05) is 36.7 Å². The molecule has 15 heavy (non-hydrogen) atoms. The van der Waals surface area contributed by atoms with Crippen molar-refractivity contribution in [1.82, 2.24) is 4.98 Å². The van der Waals surface area contributed by atoms with E-state index < -0.39 is 0 Å². The van der Waals surface area contributed by atoms with Crippen LogP contribution in [0.5, 0.6) is 0 Å². The molecule has 78 valence electrons. The summed E-state index contributed by atoms with van der Waals surface area (Å²) in [6.07, 6.45) is 5.78. The lowest BCUT2D eigenvalue weighted by Crippen LogP contribution is -2.21. The zero-order valence-electron chi connectivity index (χ0n) is 8.48. The Bertz CT molecular complexity index is 362. The van der Waals surface area contributed by atoms with Crippen LogP contribution in [0.15, 0.2) is 24.5 Å². The fourth-order valence-corrected chi connectivity index (χ4v) is 1.95. The highest BCUT2D eigenvalue weighted by molar-refractivity contribution is 5.98. The van der Waals surface area contributed by atoms with E-state index in [1.807, 2.05) is 0 Å². The largest absolute Gasteiger partial charge is 0.300 e. The van der Waals surface area contributed by atoms with Gasteiger partial charge in [0.1, 0.15) is 5.78 Å². The number of aromatic nitrogens is 1. The fourth-order valence-electron chi connectivity index (χ4n) is 1.95. The molecule has 1 aliphatic rings. The number of hydrogen-bond acceptors (Lipinski definition) is 3. The Balaban J connectivity index is 2.06. The zero-order valence-corrected chi connectivity index (χ0v) is 8.48. The van der Waals surface area contributed by atoms with Crippen LogP contribution in [0, 0.1) is 5.92 Å². The molecule has 1 saturated carbocycles. The molecule has 0 aromatic carbocycles. The molecule has 0 bridgehead atoms. The van der Waals surface area contributed by atoms with E-state index in [2.05, 4.69) is 4.98 Å². The van der Waals surface area contributed by atoms with Gasteiger partial charge in [-0.25, -0.2) is 0 Å². The van der Waals surface area contributed by atoms with Gasteiger partial charge in [0.15, 0.2) is 5.78 Å². The molecule has 1 heterocycles. The topological polar surface area (TPSA) is 47.0 Å². The second-order valence-corrected chi connectivity index (χ2v) is 3.91. The van der Waals surface area contributed by atoms with Gasteiger partial charge >= 0.3 is 0 Å². The molecular weight excluding hydrogens is 190 g/mol. The molecule has 1 aromatic rings. The van der Waals surface area contributed by atoms with E-state index >= 15 is 0 Å². The van der Waals surface area contributed by atoms with Gasteiger partial charge in [-0.15, -0.1) is 0 Å². The number of rotatable bonds is 2. The fraction of sp³-hybridized carbons (Fsp3) is 0.417. The number of Topliss-reactive ketones (excluding diaryl/α,β-unsaturated/α-hetero) is 2. The van der Waals surface area contributed by atoms with Crippen molar-refractivity contribution < 1.29 is 9.59 Å². The Morgan fingerprint density at radius 1 is 1.20 bits per heavy atom. The van der Waals surface area contributed by atoms with Crippen molar-refractivity contribution in [2.45, 2.75) is 25.7 Å². The minimum absolute atomic E-state index is 0.0325. The summed E-state index contributed by atoms with van der Waals surface area (Å²) in [5.74, 6) is 0.476. The number of carbonyl (C=O) groups is 2. The zero-order chi connectivity index (χ0) is 10.7. The monoisotopic (exact) mass is 203 g/mol.